The Bertz CT molecular complexity index is 591. The van der Waals surface area contributed by atoms with E-state index in [9.17, 15) is 9.50 Å². The average Bonchev–Trinajstić information content (AvgIpc) is 2.29. The molecule has 3 heteroatoms. The van der Waals surface area contributed by atoms with Crippen LogP contribution in [-0.4, -0.2) is 11.2 Å². The molecule has 0 radical (unpaired) electrons. The predicted molar refractivity (Wildman–Crippen MR) is 76.7 cm³/mol. The lowest BCUT2D eigenvalue weighted by Gasteiger charge is -2.34. The van der Waals surface area contributed by atoms with Crippen LogP contribution in [0, 0.1) is 5.82 Å². The molecule has 0 spiro atoms. The first-order valence-corrected chi connectivity index (χ1v) is 7.13. The number of halogens is 2. The van der Waals surface area contributed by atoms with E-state index in [1.807, 2.05) is 18.2 Å². The van der Waals surface area contributed by atoms with Gasteiger partial charge >= 0.3 is 0 Å². The van der Waals surface area contributed by atoms with Crippen molar-refractivity contribution < 1.29 is 9.50 Å². The minimum atomic E-state index is -0.455. The van der Waals surface area contributed by atoms with Gasteiger partial charge in [-0.2, -0.15) is 0 Å². The molecular formula is C16H14BrFO. The summed E-state index contributed by atoms with van der Waals surface area (Å²) >= 11 is 3.28. The number of rotatable bonds is 3. The first kappa shape index (κ1) is 12.8. The van der Waals surface area contributed by atoms with Gasteiger partial charge in [-0.05, 0) is 47.7 Å². The lowest BCUT2D eigenvalue weighted by atomic mass is 9.73. The number of hydrogen-bond acceptors (Lipinski definition) is 1. The maximum atomic E-state index is 13.3. The lowest BCUT2D eigenvalue weighted by Crippen LogP contribution is -2.30. The zero-order chi connectivity index (χ0) is 13.4. The van der Waals surface area contributed by atoms with Gasteiger partial charge in [0.25, 0.3) is 0 Å². The minimum absolute atomic E-state index is 0.179. The Morgan fingerprint density at radius 1 is 1.26 bits per heavy atom. The van der Waals surface area contributed by atoms with Gasteiger partial charge in [-0.1, -0.05) is 40.2 Å². The largest absolute Gasteiger partial charge is 0.392 e. The Hall–Kier alpha value is -1.19. The van der Waals surface area contributed by atoms with Crippen molar-refractivity contribution in [3.8, 4) is 0 Å². The lowest BCUT2D eigenvalue weighted by molar-refractivity contribution is 0.133. The molecule has 2 aromatic carbocycles. The zero-order valence-electron chi connectivity index (χ0n) is 10.3. The highest BCUT2D eigenvalue weighted by Crippen LogP contribution is 2.38. The van der Waals surface area contributed by atoms with E-state index in [-0.39, 0.29) is 11.7 Å². The highest BCUT2D eigenvalue weighted by atomic mass is 79.9. The first-order chi connectivity index (χ1) is 9.13. The van der Waals surface area contributed by atoms with Crippen LogP contribution in [0.25, 0.3) is 0 Å². The molecule has 1 aliphatic carbocycles. The Morgan fingerprint density at radius 3 is 2.79 bits per heavy atom. The molecule has 2 atom stereocenters. The molecule has 2 unspecified atom stereocenters. The number of hydrogen-bond donors (Lipinski definition) is 1. The second-order valence-corrected chi connectivity index (χ2v) is 5.97. The molecule has 98 valence electrons. The number of aliphatic hydroxyl groups excluding tert-OH is 1. The predicted octanol–water partition coefficient (Wildman–Crippen LogP) is 3.83. The van der Waals surface area contributed by atoms with Crippen LogP contribution < -0.4 is 0 Å². The monoisotopic (exact) mass is 320 g/mol. The van der Waals surface area contributed by atoms with Crippen LogP contribution in [0.5, 0.6) is 0 Å². The summed E-state index contributed by atoms with van der Waals surface area (Å²) in [5.74, 6) is -0.0937. The van der Waals surface area contributed by atoms with Crippen molar-refractivity contribution in [3.63, 3.8) is 0 Å². The van der Waals surface area contributed by atoms with Crippen LogP contribution in [-0.2, 0) is 12.8 Å². The summed E-state index contributed by atoms with van der Waals surface area (Å²) in [6.07, 6.45) is 0.937. The van der Waals surface area contributed by atoms with E-state index in [1.54, 1.807) is 0 Å². The van der Waals surface area contributed by atoms with Crippen LogP contribution in [0.4, 0.5) is 4.39 Å². The van der Waals surface area contributed by atoms with Crippen molar-refractivity contribution in [2.45, 2.75) is 24.9 Å². The summed E-state index contributed by atoms with van der Waals surface area (Å²) in [6, 6.07) is 12.9. The molecule has 0 saturated heterocycles. The summed E-state index contributed by atoms with van der Waals surface area (Å²) in [7, 11) is 0. The molecular weight excluding hydrogens is 307 g/mol. The SMILES string of the molecule is OC(Cc1cc(F)cc(Br)c1)C1Cc2ccccc21. The molecule has 2 aromatic rings. The standard InChI is InChI=1S/C16H14BrFO/c17-12-5-10(6-13(18)9-12)7-16(19)15-8-11-3-1-2-4-14(11)15/h1-6,9,15-16,19H,7-8H2. The Labute approximate surface area is 120 Å². The van der Waals surface area contributed by atoms with Crippen LogP contribution in [0.1, 0.15) is 22.6 Å². The Morgan fingerprint density at radius 2 is 2.05 bits per heavy atom. The summed E-state index contributed by atoms with van der Waals surface area (Å²) < 4.78 is 14.0. The highest BCUT2D eigenvalue weighted by Gasteiger charge is 2.31. The van der Waals surface area contributed by atoms with Crippen molar-refractivity contribution in [1.29, 1.82) is 0 Å². The van der Waals surface area contributed by atoms with E-state index in [0.717, 1.165) is 12.0 Å². The molecule has 19 heavy (non-hydrogen) atoms. The molecule has 0 heterocycles. The molecule has 0 saturated carbocycles. The summed E-state index contributed by atoms with van der Waals surface area (Å²) in [4.78, 5) is 0. The van der Waals surface area contributed by atoms with Crippen LogP contribution in [0.2, 0.25) is 0 Å². The molecule has 1 nitrogen and oxygen atoms in total. The van der Waals surface area contributed by atoms with Gasteiger partial charge in [0.05, 0.1) is 6.10 Å². The van der Waals surface area contributed by atoms with Gasteiger partial charge in [-0.25, -0.2) is 4.39 Å². The molecule has 1 aliphatic rings. The summed E-state index contributed by atoms with van der Waals surface area (Å²) in [5.41, 5.74) is 3.36. The van der Waals surface area contributed by atoms with Crippen LogP contribution in [0.3, 0.4) is 0 Å². The zero-order valence-corrected chi connectivity index (χ0v) is 11.9. The van der Waals surface area contributed by atoms with Crippen LogP contribution >= 0.6 is 15.9 Å². The molecule has 3 rings (SSSR count). The van der Waals surface area contributed by atoms with Gasteiger partial charge in [0.15, 0.2) is 0 Å². The fraction of sp³-hybridized carbons (Fsp3) is 0.250. The second kappa shape index (κ2) is 5.06. The topological polar surface area (TPSA) is 20.2 Å². The average molecular weight is 321 g/mol. The van der Waals surface area contributed by atoms with Crippen LogP contribution in [0.15, 0.2) is 46.9 Å². The molecule has 1 N–H and O–H groups in total. The second-order valence-electron chi connectivity index (χ2n) is 5.06. The van der Waals surface area contributed by atoms with Crippen molar-refractivity contribution in [2.75, 3.05) is 0 Å². The van der Waals surface area contributed by atoms with Gasteiger partial charge in [0, 0.05) is 10.4 Å². The van der Waals surface area contributed by atoms with Crippen molar-refractivity contribution in [1.82, 2.24) is 0 Å². The molecule has 0 fully saturated rings. The minimum Gasteiger partial charge on any atom is -0.392 e. The Balaban J connectivity index is 1.75. The normalized spacial score (nSPS) is 18.6. The van der Waals surface area contributed by atoms with Gasteiger partial charge in [0.2, 0.25) is 0 Å². The maximum absolute atomic E-state index is 13.3. The molecule has 0 amide bonds. The smallest absolute Gasteiger partial charge is 0.124 e. The van der Waals surface area contributed by atoms with E-state index in [2.05, 4.69) is 28.1 Å². The highest BCUT2D eigenvalue weighted by molar-refractivity contribution is 9.10. The third kappa shape index (κ3) is 2.58. The molecule has 0 aromatic heterocycles. The fourth-order valence-electron chi connectivity index (χ4n) is 2.75. The van der Waals surface area contributed by atoms with Gasteiger partial charge < -0.3 is 5.11 Å². The van der Waals surface area contributed by atoms with Gasteiger partial charge in [-0.15, -0.1) is 0 Å². The number of fused-ring (bicyclic) bond motifs is 1. The molecule has 0 bridgehead atoms. The van der Waals surface area contributed by atoms with Crippen molar-refractivity contribution >= 4 is 15.9 Å². The van der Waals surface area contributed by atoms with Crippen molar-refractivity contribution in [2.24, 2.45) is 0 Å². The summed E-state index contributed by atoms with van der Waals surface area (Å²) in [6.45, 7) is 0. The third-order valence-corrected chi connectivity index (χ3v) is 4.18. The van der Waals surface area contributed by atoms with E-state index in [4.69, 9.17) is 0 Å². The quantitative estimate of drug-likeness (QED) is 0.911. The maximum Gasteiger partial charge on any atom is 0.124 e. The Kier molecular flexibility index (Phi) is 3.42. The van der Waals surface area contributed by atoms with Gasteiger partial charge in [0.1, 0.15) is 5.82 Å². The first-order valence-electron chi connectivity index (χ1n) is 6.34. The van der Waals surface area contributed by atoms with Crippen molar-refractivity contribution in [3.05, 3.63) is 69.4 Å². The third-order valence-electron chi connectivity index (χ3n) is 3.73. The van der Waals surface area contributed by atoms with E-state index < -0.39 is 6.10 Å². The van der Waals surface area contributed by atoms with Gasteiger partial charge in [-0.3, -0.25) is 0 Å². The number of benzene rings is 2. The van der Waals surface area contributed by atoms with E-state index in [1.165, 1.54) is 23.3 Å². The van der Waals surface area contributed by atoms with E-state index in [0.29, 0.717) is 10.9 Å². The fourth-order valence-corrected chi connectivity index (χ4v) is 3.27. The van der Waals surface area contributed by atoms with E-state index >= 15 is 0 Å². The summed E-state index contributed by atoms with van der Waals surface area (Å²) in [5, 5.41) is 10.3. The number of aliphatic hydroxyl groups is 1. The molecule has 0 aliphatic heterocycles.